The summed E-state index contributed by atoms with van der Waals surface area (Å²) in [6.07, 6.45) is 6.97. The van der Waals surface area contributed by atoms with E-state index < -0.39 is 16.1 Å². The molecule has 2 aromatic rings. The normalized spacial score (nSPS) is 18.1. The van der Waals surface area contributed by atoms with Crippen LogP contribution in [-0.2, 0) is 37.4 Å². The molecule has 4 rings (SSSR count). The molecule has 0 amide bonds. The van der Waals surface area contributed by atoms with Crippen molar-refractivity contribution in [1.29, 1.82) is 0 Å². The molecule has 1 unspecified atom stereocenters. The van der Waals surface area contributed by atoms with Gasteiger partial charge in [0.2, 0.25) is 0 Å². The minimum atomic E-state index is -4.23. The van der Waals surface area contributed by atoms with E-state index in [0.717, 1.165) is 36.0 Å². The second-order valence-corrected chi connectivity index (χ2v) is 10.7. The number of rotatable bonds is 8. The van der Waals surface area contributed by atoms with Gasteiger partial charge in [0.05, 0.1) is 13.5 Å². The van der Waals surface area contributed by atoms with E-state index in [4.69, 9.17) is 13.7 Å². The van der Waals surface area contributed by atoms with Gasteiger partial charge < -0.3 is 13.7 Å². The quantitative estimate of drug-likeness (QED) is 0.273. The predicted molar refractivity (Wildman–Crippen MR) is 135 cm³/mol. The zero-order valence-corrected chi connectivity index (χ0v) is 21.6. The van der Waals surface area contributed by atoms with E-state index in [0.29, 0.717) is 29.5 Å². The van der Waals surface area contributed by atoms with Crippen LogP contribution >= 0.6 is 0 Å². The lowest BCUT2D eigenvalue weighted by Gasteiger charge is -2.19. The van der Waals surface area contributed by atoms with E-state index in [1.54, 1.807) is 18.2 Å². The number of carbonyl (C=O) groups excluding carboxylic acids is 2. The Bertz CT molecular complexity index is 1350. The second kappa shape index (κ2) is 10.3. The Morgan fingerprint density at radius 2 is 1.94 bits per heavy atom. The molecule has 1 saturated carbocycles. The molecular formula is C28H30O7S. The van der Waals surface area contributed by atoms with Gasteiger partial charge in [-0.25, -0.2) is 4.79 Å². The molecule has 1 aliphatic carbocycles. The molecule has 0 N–H and O–H groups in total. The fourth-order valence-electron chi connectivity index (χ4n) is 4.99. The summed E-state index contributed by atoms with van der Waals surface area (Å²) in [5.74, 6) is -0.821. The van der Waals surface area contributed by atoms with Crippen molar-refractivity contribution in [3.05, 3.63) is 75.9 Å². The van der Waals surface area contributed by atoms with Gasteiger partial charge in [0.15, 0.2) is 5.75 Å². The second-order valence-electron chi connectivity index (χ2n) is 9.18. The monoisotopic (exact) mass is 510 g/mol. The highest BCUT2D eigenvalue weighted by Gasteiger charge is 2.34. The molecule has 0 radical (unpaired) electrons. The molecule has 7 nitrogen and oxygen atoms in total. The average molecular weight is 511 g/mol. The summed E-state index contributed by atoms with van der Waals surface area (Å²) in [5.41, 5.74) is 4.82. The highest BCUT2D eigenvalue weighted by atomic mass is 32.2. The van der Waals surface area contributed by atoms with Crippen LogP contribution < -0.4 is 4.18 Å². The lowest BCUT2D eigenvalue weighted by Crippen LogP contribution is -2.15. The maximum absolute atomic E-state index is 13.3. The minimum Gasteiger partial charge on any atom is -0.469 e. The summed E-state index contributed by atoms with van der Waals surface area (Å²) in [5, 5.41) is 0. The van der Waals surface area contributed by atoms with E-state index in [-0.39, 0.29) is 34.7 Å². The first-order valence-corrected chi connectivity index (χ1v) is 13.3. The molecule has 0 spiro atoms. The van der Waals surface area contributed by atoms with E-state index in [1.807, 2.05) is 19.9 Å². The van der Waals surface area contributed by atoms with Crippen LogP contribution in [0, 0.1) is 19.8 Å². The van der Waals surface area contributed by atoms with Crippen molar-refractivity contribution in [3.8, 4) is 5.75 Å². The summed E-state index contributed by atoms with van der Waals surface area (Å²) < 4.78 is 42.3. The van der Waals surface area contributed by atoms with Crippen molar-refractivity contribution in [2.24, 2.45) is 5.92 Å². The number of cyclic esters (lactones) is 1. The first kappa shape index (κ1) is 25.7. The van der Waals surface area contributed by atoms with Crippen LogP contribution in [0.5, 0.6) is 5.75 Å². The molecule has 0 bridgehead atoms. The smallest absolute Gasteiger partial charge is 0.342 e. The van der Waals surface area contributed by atoms with Crippen LogP contribution in [0.2, 0.25) is 0 Å². The molecule has 1 aliphatic heterocycles. The number of benzene rings is 2. The molecule has 0 saturated heterocycles. The number of hydrogen-bond donors (Lipinski definition) is 0. The first-order chi connectivity index (χ1) is 17.2. The number of esters is 2. The SMILES string of the molecule is C=Cc1c(C)c2c(c(OS(=O)(=O)c3ccc(C)cc3)c1C/C=C1\CCCC1CC(=O)OC)C(=O)OC2. The number of fused-ring (bicyclic) bond motifs is 1. The van der Waals surface area contributed by atoms with Gasteiger partial charge in [-0.2, -0.15) is 8.42 Å². The van der Waals surface area contributed by atoms with Gasteiger partial charge in [-0.05, 0) is 68.7 Å². The fraction of sp³-hybridized carbons (Fsp3) is 0.357. The van der Waals surface area contributed by atoms with Crippen LogP contribution in [0.15, 0.2) is 47.4 Å². The molecule has 36 heavy (non-hydrogen) atoms. The van der Waals surface area contributed by atoms with E-state index in [2.05, 4.69) is 6.58 Å². The molecule has 2 aromatic carbocycles. The van der Waals surface area contributed by atoms with Gasteiger partial charge >= 0.3 is 22.1 Å². The van der Waals surface area contributed by atoms with Crippen molar-refractivity contribution >= 4 is 28.1 Å². The summed E-state index contributed by atoms with van der Waals surface area (Å²) >= 11 is 0. The highest BCUT2D eigenvalue weighted by Crippen LogP contribution is 2.41. The van der Waals surface area contributed by atoms with Gasteiger partial charge in [-0.3, -0.25) is 4.79 Å². The number of hydrogen-bond acceptors (Lipinski definition) is 7. The zero-order chi connectivity index (χ0) is 26.0. The van der Waals surface area contributed by atoms with E-state index in [9.17, 15) is 18.0 Å². The Morgan fingerprint density at radius 1 is 1.22 bits per heavy atom. The van der Waals surface area contributed by atoms with Gasteiger partial charge in [-0.15, -0.1) is 0 Å². The van der Waals surface area contributed by atoms with E-state index >= 15 is 0 Å². The Kier molecular flexibility index (Phi) is 7.36. The van der Waals surface area contributed by atoms with Crippen LogP contribution in [-0.4, -0.2) is 27.5 Å². The number of carbonyl (C=O) groups is 2. The number of methoxy groups -OCH3 is 1. The molecular weight excluding hydrogens is 480 g/mol. The summed E-state index contributed by atoms with van der Waals surface area (Å²) in [6.45, 7) is 7.70. The summed E-state index contributed by atoms with van der Waals surface area (Å²) in [7, 11) is -2.85. The van der Waals surface area contributed by atoms with Crippen LogP contribution in [0.25, 0.3) is 6.08 Å². The molecule has 8 heteroatoms. The van der Waals surface area contributed by atoms with Crippen LogP contribution in [0.1, 0.15) is 63.9 Å². The zero-order valence-electron chi connectivity index (χ0n) is 20.8. The molecule has 1 fully saturated rings. The molecule has 2 aliphatic rings. The standard InChI is InChI=1S/C28H30O7S/c1-5-22-18(3)24-16-34-28(30)26(24)27(35-36(31,32)21-12-9-17(2)10-13-21)23(22)14-11-19-7-6-8-20(19)15-25(29)33-4/h5,9-13,20H,1,6-8,14-16H2,2-4H3/b19-11+. The Morgan fingerprint density at radius 3 is 2.61 bits per heavy atom. The van der Waals surface area contributed by atoms with Crippen molar-refractivity contribution < 1.29 is 31.7 Å². The third kappa shape index (κ3) is 4.95. The van der Waals surface area contributed by atoms with Gasteiger partial charge in [0.1, 0.15) is 17.1 Å². The number of allylic oxidation sites excluding steroid dienone is 2. The van der Waals surface area contributed by atoms with Crippen molar-refractivity contribution in [2.45, 2.75) is 57.5 Å². The minimum absolute atomic E-state index is 0.00724. The largest absolute Gasteiger partial charge is 0.469 e. The Balaban J connectivity index is 1.81. The van der Waals surface area contributed by atoms with Gasteiger partial charge in [0, 0.05) is 11.1 Å². The maximum atomic E-state index is 13.3. The molecule has 0 aromatic heterocycles. The van der Waals surface area contributed by atoms with Crippen molar-refractivity contribution in [2.75, 3.05) is 7.11 Å². The maximum Gasteiger partial charge on any atom is 0.342 e. The van der Waals surface area contributed by atoms with Gasteiger partial charge in [-0.1, -0.05) is 42.0 Å². The van der Waals surface area contributed by atoms with Crippen molar-refractivity contribution in [1.82, 2.24) is 0 Å². The summed E-state index contributed by atoms with van der Waals surface area (Å²) in [4.78, 5) is 24.6. The lowest BCUT2D eigenvalue weighted by atomic mass is 9.89. The van der Waals surface area contributed by atoms with Crippen molar-refractivity contribution in [3.63, 3.8) is 0 Å². The molecule has 1 heterocycles. The highest BCUT2D eigenvalue weighted by molar-refractivity contribution is 7.87. The Hall–Kier alpha value is -3.39. The van der Waals surface area contributed by atoms with Crippen LogP contribution in [0.4, 0.5) is 0 Å². The molecule has 190 valence electrons. The third-order valence-corrected chi connectivity index (χ3v) is 8.23. The van der Waals surface area contributed by atoms with E-state index in [1.165, 1.54) is 19.2 Å². The Labute approximate surface area is 211 Å². The average Bonchev–Trinajstić information content (AvgIpc) is 3.46. The lowest BCUT2D eigenvalue weighted by molar-refractivity contribution is -0.141. The third-order valence-electron chi connectivity index (χ3n) is 6.99. The fourth-order valence-corrected chi connectivity index (χ4v) is 5.96. The predicted octanol–water partition coefficient (Wildman–Crippen LogP) is 5.22. The molecule has 1 atom stereocenters. The van der Waals surface area contributed by atoms with Crippen LogP contribution in [0.3, 0.4) is 0 Å². The summed E-state index contributed by atoms with van der Waals surface area (Å²) in [6, 6.07) is 6.32. The number of ether oxygens (including phenoxy) is 2. The number of aryl methyl sites for hydroxylation is 1. The first-order valence-electron chi connectivity index (χ1n) is 11.9. The topological polar surface area (TPSA) is 96.0 Å². The van der Waals surface area contributed by atoms with Gasteiger partial charge in [0.25, 0.3) is 0 Å².